The number of nitro groups is 1. The van der Waals surface area contributed by atoms with Gasteiger partial charge < -0.3 is 39.0 Å². The summed E-state index contributed by atoms with van der Waals surface area (Å²) in [6, 6.07) is 21.9. The number of fused-ring (bicyclic) bond motifs is 6. The highest BCUT2D eigenvalue weighted by Crippen LogP contribution is 2.54. The number of nitro benzene ring substituents is 1. The van der Waals surface area contributed by atoms with Gasteiger partial charge in [0.2, 0.25) is 5.88 Å². The van der Waals surface area contributed by atoms with E-state index in [1.54, 1.807) is 6.07 Å². The van der Waals surface area contributed by atoms with Crippen LogP contribution in [0.4, 0.5) is 28.4 Å². The van der Waals surface area contributed by atoms with Gasteiger partial charge in [-0.2, -0.15) is 4.98 Å². The third-order valence-electron chi connectivity index (χ3n) is 17.5. The van der Waals surface area contributed by atoms with Crippen LogP contribution in [0.1, 0.15) is 85.8 Å². The average Bonchev–Trinajstić information content (AvgIpc) is 4.23. The van der Waals surface area contributed by atoms with E-state index in [4.69, 9.17) is 23.9 Å². The molecule has 6 atom stereocenters. The summed E-state index contributed by atoms with van der Waals surface area (Å²) in [6.07, 6.45) is 11.5. The summed E-state index contributed by atoms with van der Waals surface area (Å²) in [6.45, 7) is 8.71. The molecular weight excluding hydrogens is 951 g/mol. The number of benzene rings is 3. The van der Waals surface area contributed by atoms with E-state index in [2.05, 4.69) is 60.9 Å². The minimum atomic E-state index is -4.69. The Balaban J connectivity index is 0.787. The van der Waals surface area contributed by atoms with E-state index in [1.165, 1.54) is 42.9 Å². The largest absolute Gasteiger partial charge is 0.489 e. The van der Waals surface area contributed by atoms with E-state index >= 15 is 0 Å². The number of carbonyl (C=O) groups excluding carboxylic acids is 1. The Morgan fingerprint density at radius 1 is 0.973 bits per heavy atom. The van der Waals surface area contributed by atoms with E-state index in [-0.39, 0.29) is 53.2 Å². The summed E-state index contributed by atoms with van der Waals surface area (Å²) in [5.74, 6) is -0.545. The number of likely N-dealkylation sites (tertiary alicyclic amines) is 2. The quantitative estimate of drug-likeness (QED) is 0.0879. The molecule has 6 fully saturated rings. The maximum atomic E-state index is 14.8. The second-order valence-electron chi connectivity index (χ2n) is 21.8. The zero-order valence-corrected chi connectivity index (χ0v) is 42.0. The predicted molar refractivity (Wildman–Crippen MR) is 275 cm³/mol. The van der Waals surface area contributed by atoms with E-state index < -0.39 is 31.4 Å². The molecule has 7 aliphatic heterocycles. The molecule has 5 saturated heterocycles. The average molecular weight is 1010 g/mol. The molecule has 5 aromatic rings. The number of ether oxygens (including phenoxy) is 4. The summed E-state index contributed by atoms with van der Waals surface area (Å²) < 4.78 is 55.6. The zero-order chi connectivity index (χ0) is 49.6. The number of anilines is 4. The maximum Gasteiger partial charge on any atom is 0.297 e. The van der Waals surface area contributed by atoms with Gasteiger partial charge in [-0.15, -0.1) is 0 Å². The number of hydrogen-bond acceptors (Lipinski definition) is 15. The monoisotopic (exact) mass is 1010 g/mol. The number of aromatic amines is 1. The number of pyridine rings is 1. The zero-order valence-electron chi connectivity index (χ0n) is 41.2. The summed E-state index contributed by atoms with van der Waals surface area (Å²) in [5.41, 5.74) is 5.73. The number of piperidine rings is 1. The molecule has 1 saturated carbocycles. The third-order valence-corrected chi connectivity index (χ3v) is 18.8. The van der Waals surface area contributed by atoms with Crippen LogP contribution < -0.4 is 29.3 Å². The van der Waals surface area contributed by atoms with Crippen molar-refractivity contribution in [2.45, 2.75) is 106 Å². The Hall–Kier alpha value is -5.99. The normalized spacial score (nSPS) is 26.8. The van der Waals surface area contributed by atoms with E-state index in [1.807, 2.05) is 35.4 Å². The topological polar surface area (TPSA) is 197 Å². The number of rotatable bonds is 11. The molecule has 13 rings (SSSR count). The van der Waals surface area contributed by atoms with Gasteiger partial charge in [0.15, 0.2) is 11.4 Å². The van der Waals surface area contributed by atoms with E-state index in [9.17, 15) is 23.3 Å². The van der Waals surface area contributed by atoms with Crippen LogP contribution in [-0.4, -0.2) is 135 Å². The van der Waals surface area contributed by atoms with E-state index in [0.29, 0.717) is 80.4 Å². The lowest BCUT2D eigenvalue weighted by atomic mass is 9.59. The van der Waals surface area contributed by atoms with Crippen molar-refractivity contribution in [2.75, 3.05) is 80.8 Å². The lowest BCUT2D eigenvalue weighted by Crippen LogP contribution is -2.55. The molecule has 9 heterocycles. The highest BCUT2D eigenvalue weighted by Gasteiger charge is 2.50. The second-order valence-corrected chi connectivity index (χ2v) is 23.5. The molecule has 1 amide bonds. The van der Waals surface area contributed by atoms with Gasteiger partial charge >= 0.3 is 0 Å². The highest BCUT2D eigenvalue weighted by atomic mass is 32.2. The van der Waals surface area contributed by atoms with Crippen molar-refractivity contribution in [3.8, 4) is 11.6 Å². The van der Waals surface area contributed by atoms with Crippen molar-refractivity contribution < 1.29 is 37.1 Å². The van der Waals surface area contributed by atoms with Crippen LogP contribution in [0.3, 0.4) is 0 Å². The number of aromatic nitrogens is 2. The number of nitrogens with one attached hydrogen (secondary N) is 3. The minimum absolute atomic E-state index is 0.0299. The van der Waals surface area contributed by atoms with Crippen LogP contribution >= 0.6 is 0 Å². The Morgan fingerprint density at radius 2 is 1.84 bits per heavy atom. The first-order chi connectivity index (χ1) is 35.5. The van der Waals surface area contributed by atoms with Crippen LogP contribution in [0.5, 0.6) is 11.6 Å². The van der Waals surface area contributed by atoms with Crippen LogP contribution in [0.25, 0.3) is 11.0 Å². The molecule has 0 unspecified atom stereocenters. The Labute approximate surface area is 424 Å². The first kappa shape index (κ1) is 46.8. The van der Waals surface area contributed by atoms with Gasteiger partial charge in [0.05, 0.1) is 53.0 Å². The summed E-state index contributed by atoms with van der Waals surface area (Å²) in [4.78, 5) is 44.0. The third kappa shape index (κ3) is 8.54. The number of sulfonamides is 1. The fourth-order valence-electron chi connectivity index (χ4n) is 13.6. The van der Waals surface area contributed by atoms with Crippen molar-refractivity contribution >= 4 is 55.4 Å². The standard InChI is InChI=1S/C54H63N9O9S/c1-2-33-6-3-4-7-42(33)44-8-5-16-61(44)39-25-54(26-39)13-17-59(18-14-54)37-9-10-43(45(22-37)62-27-35-30-69-19-12-48(35)72-53-47(62)20-34-11-15-55-51(34)57-53)52(64)58-73(67,68)41-23-46(63(65)66)50-49(24-41)71-31-36(56-50)28-60-29-40-21-38(60)32-70-40/h3-4,6-7,9-11,15,20,22-24,35-36,38-40,44,48,56H,2,5,8,12-14,16-19,21,25-32H2,1H3,(H,55,57)(H,58,64)/t35-,36+,38-,40-,44+,48-/m1/s1. The SMILES string of the molecule is CCc1ccccc1[C@@H]1CCCN1C1CC2(CCN(c3ccc(C(=O)NS(=O)(=O)c4cc5c(c([N+](=O)[O-])c4)N[C@@H](CN4C[C@H]6C[C@@H]4CO6)CO5)c(N4C[C@@H]5COCC[C@H]5Oc5nc6[nH]ccc6cc54)c3)CC2)C1. The molecule has 19 heteroatoms. The van der Waals surface area contributed by atoms with Crippen molar-refractivity contribution in [1.29, 1.82) is 0 Å². The predicted octanol–water partition coefficient (Wildman–Crippen LogP) is 7.32. The lowest BCUT2D eigenvalue weighted by molar-refractivity contribution is -0.384. The maximum absolute atomic E-state index is 14.8. The fourth-order valence-corrected chi connectivity index (χ4v) is 14.6. The van der Waals surface area contributed by atoms with Crippen molar-refractivity contribution in [3.63, 3.8) is 0 Å². The van der Waals surface area contributed by atoms with Crippen LogP contribution in [-0.2, 0) is 25.9 Å². The lowest BCUT2D eigenvalue weighted by Gasteiger charge is -2.56. The van der Waals surface area contributed by atoms with Gasteiger partial charge in [0.1, 0.15) is 24.0 Å². The highest BCUT2D eigenvalue weighted by molar-refractivity contribution is 7.90. The Bertz CT molecular complexity index is 3080. The second kappa shape index (κ2) is 18.4. The van der Waals surface area contributed by atoms with Gasteiger partial charge in [-0.1, -0.05) is 31.2 Å². The Kier molecular flexibility index (Phi) is 11.8. The molecule has 2 aromatic heterocycles. The summed E-state index contributed by atoms with van der Waals surface area (Å²) in [7, 11) is -4.69. The molecule has 1 aliphatic carbocycles. The molecule has 3 N–H and O–H groups in total. The first-order valence-electron chi connectivity index (χ1n) is 26.4. The fraction of sp³-hybridized carbons (Fsp3) is 0.519. The van der Waals surface area contributed by atoms with Crippen molar-refractivity contribution in [2.24, 2.45) is 11.3 Å². The van der Waals surface area contributed by atoms with Crippen LogP contribution in [0, 0.1) is 21.4 Å². The first-order valence-corrected chi connectivity index (χ1v) is 27.8. The van der Waals surface area contributed by atoms with Gasteiger partial charge in [-0.05, 0) is 105 Å². The van der Waals surface area contributed by atoms with Crippen LogP contribution in [0.15, 0.2) is 77.8 Å². The minimum Gasteiger partial charge on any atom is -0.489 e. The molecule has 8 aliphatic rings. The molecule has 384 valence electrons. The van der Waals surface area contributed by atoms with Crippen molar-refractivity contribution in [3.05, 3.63) is 99.7 Å². The van der Waals surface area contributed by atoms with Gasteiger partial charge in [0, 0.05) is 92.6 Å². The van der Waals surface area contributed by atoms with E-state index in [0.717, 1.165) is 69.0 Å². The molecule has 2 bridgehead atoms. The number of carbonyl (C=O) groups is 1. The molecule has 18 nitrogen and oxygen atoms in total. The number of hydrogen-bond donors (Lipinski definition) is 3. The number of nitrogens with zero attached hydrogens (tertiary/aromatic N) is 6. The van der Waals surface area contributed by atoms with Crippen LogP contribution in [0.2, 0.25) is 0 Å². The van der Waals surface area contributed by atoms with Gasteiger partial charge in [-0.3, -0.25) is 24.7 Å². The number of morpholine rings is 1. The summed E-state index contributed by atoms with van der Waals surface area (Å²) >= 11 is 0. The molecule has 73 heavy (non-hydrogen) atoms. The molecule has 1 spiro atoms. The number of aryl methyl sites for hydroxylation is 1. The summed E-state index contributed by atoms with van der Waals surface area (Å²) in [5, 5.41) is 16.7. The number of amides is 1. The number of H-pyrrole nitrogens is 1. The molecular formula is C54H63N9O9S. The van der Waals surface area contributed by atoms with Gasteiger partial charge in [0.25, 0.3) is 21.6 Å². The van der Waals surface area contributed by atoms with Gasteiger partial charge in [-0.25, -0.2) is 13.1 Å². The van der Waals surface area contributed by atoms with Crippen molar-refractivity contribution in [1.82, 2.24) is 24.5 Å². The Morgan fingerprint density at radius 3 is 2.64 bits per heavy atom. The molecule has 3 aromatic carbocycles. The molecule has 0 radical (unpaired) electrons. The smallest absolute Gasteiger partial charge is 0.297 e.